The van der Waals surface area contributed by atoms with Crippen molar-refractivity contribution in [2.24, 2.45) is 0 Å². The van der Waals surface area contributed by atoms with Crippen LogP contribution in [-0.2, 0) is 17.5 Å². The number of pyridine rings is 1. The van der Waals surface area contributed by atoms with E-state index in [2.05, 4.69) is 10.6 Å². The van der Waals surface area contributed by atoms with Gasteiger partial charge in [-0.15, -0.1) is 0 Å². The molecule has 2 N–H and O–H groups in total. The molecule has 27 heavy (non-hydrogen) atoms. The number of rotatable bonds is 5. The van der Waals surface area contributed by atoms with Crippen molar-refractivity contribution in [1.29, 1.82) is 0 Å². The lowest BCUT2D eigenvalue weighted by Crippen LogP contribution is -2.46. The number of benzene rings is 1. The topological polar surface area (TPSA) is 55.3 Å². The predicted molar refractivity (Wildman–Crippen MR) is 96.9 cm³/mol. The van der Waals surface area contributed by atoms with E-state index in [1.54, 1.807) is 12.1 Å². The van der Waals surface area contributed by atoms with Gasteiger partial charge in [0.1, 0.15) is 0 Å². The Balaban J connectivity index is 1.66. The molecule has 146 valence electrons. The highest BCUT2D eigenvalue weighted by Gasteiger charge is 2.31. The van der Waals surface area contributed by atoms with Crippen LogP contribution in [0.1, 0.15) is 18.1 Å². The lowest BCUT2D eigenvalue weighted by atomic mass is 10.1. The second kappa shape index (κ2) is 8.14. The summed E-state index contributed by atoms with van der Waals surface area (Å²) in [5.41, 5.74) is 0.318. The van der Waals surface area contributed by atoms with Gasteiger partial charge in [-0.1, -0.05) is 12.1 Å². The van der Waals surface area contributed by atoms with Gasteiger partial charge >= 0.3 is 6.18 Å². The number of alkyl halides is 3. The van der Waals surface area contributed by atoms with Crippen LogP contribution in [0, 0.1) is 0 Å². The Kier molecular flexibility index (Phi) is 5.86. The maximum Gasteiger partial charge on any atom is 0.417 e. The summed E-state index contributed by atoms with van der Waals surface area (Å²) in [6.45, 7) is 4.43. The summed E-state index contributed by atoms with van der Waals surface area (Å²) in [4.78, 5) is 11.9. The van der Waals surface area contributed by atoms with Gasteiger partial charge in [-0.05, 0) is 30.7 Å². The molecular weight excluding hydrogens is 359 g/mol. The van der Waals surface area contributed by atoms with Crippen LogP contribution < -0.4 is 16.2 Å². The van der Waals surface area contributed by atoms with Crippen molar-refractivity contribution in [2.45, 2.75) is 31.8 Å². The van der Waals surface area contributed by atoms with E-state index in [0.29, 0.717) is 6.61 Å². The third-order valence-corrected chi connectivity index (χ3v) is 4.53. The predicted octanol–water partition coefficient (Wildman–Crippen LogP) is 2.70. The molecule has 5 nitrogen and oxygen atoms in total. The van der Waals surface area contributed by atoms with E-state index >= 15 is 0 Å². The second-order valence-electron chi connectivity index (χ2n) is 6.62. The molecule has 2 atom stereocenters. The lowest BCUT2D eigenvalue weighted by Gasteiger charge is -2.29. The van der Waals surface area contributed by atoms with Gasteiger partial charge in [0.15, 0.2) is 0 Å². The molecule has 0 bridgehead atoms. The molecule has 1 saturated heterocycles. The molecule has 1 aromatic carbocycles. The molecule has 2 unspecified atom stereocenters. The second-order valence-corrected chi connectivity index (χ2v) is 6.62. The van der Waals surface area contributed by atoms with Crippen LogP contribution >= 0.6 is 0 Å². The molecule has 3 rings (SSSR count). The van der Waals surface area contributed by atoms with Crippen LogP contribution in [0.4, 0.5) is 18.9 Å². The minimum absolute atomic E-state index is 0.0714. The summed E-state index contributed by atoms with van der Waals surface area (Å²) in [6, 6.07) is 9.13. The molecule has 0 radical (unpaired) electrons. The zero-order valence-corrected chi connectivity index (χ0v) is 14.9. The smallest absolute Gasteiger partial charge is 0.380 e. The molecule has 0 saturated carbocycles. The monoisotopic (exact) mass is 381 g/mol. The Morgan fingerprint density at radius 2 is 2.00 bits per heavy atom. The maximum atomic E-state index is 12.8. The van der Waals surface area contributed by atoms with Gasteiger partial charge in [0.05, 0.1) is 30.9 Å². The highest BCUT2D eigenvalue weighted by atomic mass is 19.4. The minimum Gasteiger partial charge on any atom is -0.380 e. The van der Waals surface area contributed by atoms with Gasteiger partial charge in [-0.25, -0.2) is 0 Å². The first-order chi connectivity index (χ1) is 12.8. The van der Waals surface area contributed by atoms with Gasteiger partial charge in [-0.2, -0.15) is 13.2 Å². The van der Waals surface area contributed by atoms with E-state index in [4.69, 9.17) is 4.74 Å². The Hall–Kier alpha value is -2.32. The number of nitrogens with one attached hydrogen (secondary N) is 2. The van der Waals surface area contributed by atoms with E-state index in [-0.39, 0.29) is 18.7 Å². The summed E-state index contributed by atoms with van der Waals surface area (Å²) in [6.07, 6.45) is -3.55. The maximum absolute atomic E-state index is 12.8. The average Bonchev–Trinajstić information content (AvgIpc) is 2.65. The molecule has 0 amide bonds. The SMILES string of the molecule is CC(Nc1ccc(Cn2cc(C(F)(F)F)ccc2=O)cc1)C1CNCCO1. The van der Waals surface area contributed by atoms with Crippen LogP contribution in [0.15, 0.2) is 47.4 Å². The normalized spacial score (nSPS) is 18.9. The number of aromatic nitrogens is 1. The lowest BCUT2D eigenvalue weighted by molar-refractivity contribution is -0.138. The standard InChI is InChI=1S/C19H22F3N3O2/c1-13(17-10-23-8-9-27-17)24-16-5-2-14(3-6-16)11-25-12-15(19(20,21)22)4-7-18(25)26/h2-7,12-13,17,23-24H,8-11H2,1H3. The van der Waals surface area contributed by atoms with E-state index in [9.17, 15) is 18.0 Å². The number of halogens is 3. The summed E-state index contributed by atoms with van der Waals surface area (Å²) >= 11 is 0. The first kappa shape index (κ1) is 19.4. The van der Waals surface area contributed by atoms with Crippen LogP contribution in [0.5, 0.6) is 0 Å². The number of anilines is 1. The number of nitrogens with zero attached hydrogens (tertiary/aromatic N) is 1. The van der Waals surface area contributed by atoms with Crippen LogP contribution in [-0.4, -0.2) is 36.4 Å². The van der Waals surface area contributed by atoms with Crippen LogP contribution in [0.2, 0.25) is 0 Å². The quantitative estimate of drug-likeness (QED) is 0.836. The third-order valence-electron chi connectivity index (χ3n) is 4.53. The fraction of sp³-hybridized carbons (Fsp3) is 0.421. The molecule has 1 aliphatic heterocycles. The fourth-order valence-electron chi connectivity index (χ4n) is 2.99. The molecule has 1 aromatic heterocycles. The first-order valence-corrected chi connectivity index (χ1v) is 8.78. The molecular formula is C19H22F3N3O2. The van der Waals surface area contributed by atoms with Crippen molar-refractivity contribution in [3.8, 4) is 0 Å². The van der Waals surface area contributed by atoms with E-state index in [0.717, 1.165) is 47.2 Å². The number of hydrogen-bond acceptors (Lipinski definition) is 4. The summed E-state index contributed by atoms with van der Waals surface area (Å²) in [7, 11) is 0. The van der Waals surface area contributed by atoms with E-state index in [1.165, 1.54) is 0 Å². The molecule has 0 spiro atoms. The molecule has 0 aliphatic carbocycles. The van der Waals surface area contributed by atoms with Crippen molar-refractivity contribution in [2.75, 3.05) is 25.0 Å². The van der Waals surface area contributed by atoms with Crippen molar-refractivity contribution in [1.82, 2.24) is 9.88 Å². The van der Waals surface area contributed by atoms with Crippen molar-refractivity contribution in [3.05, 3.63) is 64.1 Å². The summed E-state index contributed by atoms with van der Waals surface area (Å²) in [5.74, 6) is 0. The number of ether oxygens (including phenoxy) is 1. The van der Waals surface area contributed by atoms with Crippen molar-refractivity contribution < 1.29 is 17.9 Å². The summed E-state index contributed by atoms with van der Waals surface area (Å²) < 4.78 is 45.3. The highest BCUT2D eigenvalue weighted by Crippen LogP contribution is 2.28. The Labute approximate surface area is 155 Å². The minimum atomic E-state index is -4.48. The zero-order chi connectivity index (χ0) is 19.4. The molecule has 2 heterocycles. The molecule has 1 fully saturated rings. The van der Waals surface area contributed by atoms with Gasteiger partial charge in [0, 0.05) is 31.0 Å². The van der Waals surface area contributed by atoms with E-state index in [1.807, 2.05) is 19.1 Å². The Morgan fingerprint density at radius 3 is 2.63 bits per heavy atom. The first-order valence-electron chi connectivity index (χ1n) is 8.78. The van der Waals surface area contributed by atoms with Gasteiger partial charge in [0.25, 0.3) is 5.56 Å². The van der Waals surface area contributed by atoms with Crippen molar-refractivity contribution >= 4 is 5.69 Å². The molecule has 2 aromatic rings. The van der Waals surface area contributed by atoms with Crippen molar-refractivity contribution in [3.63, 3.8) is 0 Å². The number of morpholine rings is 1. The Morgan fingerprint density at radius 1 is 1.26 bits per heavy atom. The van der Waals surface area contributed by atoms with Gasteiger partial charge < -0.3 is 19.9 Å². The Bertz CT molecular complexity index is 812. The largest absolute Gasteiger partial charge is 0.417 e. The van der Waals surface area contributed by atoms with Crippen LogP contribution in [0.25, 0.3) is 0 Å². The fourth-order valence-corrected chi connectivity index (χ4v) is 2.99. The van der Waals surface area contributed by atoms with Crippen LogP contribution in [0.3, 0.4) is 0 Å². The zero-order valence-electron chi connectivity index (χ0n) is 14.9. The number of hydrogen-bond donors (Lipinski definition) is 2. The van der Waals surface area contributed by atoms with Gasteiger partial charge in [0.2, 0.25) is 0 Å². The molecule has 1 aliphatic rings. The van der Waals surface area contributed by atoms with E-state index < -0.39 is 17.3 Å². The summed E-state index contributed by atoms with van der Waals surface area (Å²) in [5, 5.41) is 6.64. The average molecular weight is 381 g/mol. The highest BCUT2D eigenvalue weighted by molar-refractivity contribution is 5.45. The molecule has 8 heteroatoms. The van der Waals surface area contributed by atoms with Gasteiger partial charge in [-0.3, -0.25) is 4.79 Å². The third kappa shape index (κ3) is 5.11.